The molecule has 0 aliphatic carbocycles. The van der Waals surface area contributed by atoms with Crippen LogP contribution in [0.15, 0.2) is 58.4 Å². The first-order chi connectivity index (χ1) is 13.4. The molecule has 0 spiro atoms. The molecule has 1 amide bonds. The zero-order valence-electron chi connectivity index (χ0n) is 15.8. The molecule has 2 N–H and O–H groups in total. The molecule has 8 heteroatoms. The van der Waals surface area contributed by atoms with Crippen LogP contribution < -0.4 is 10.0 Å². The Balaban J connectivity index is 1.86. The Kier molecular flexibility index (Phi) is 6.41. The van der Waals surface area contributed by atoms with Crippen LogP contribution in [0.5, 0.6) is 0 Å². The summed E-state index contributed by atoms with van der Waals surface area (Å²) in [5, 5.41) is 2.89. The second-order valence-corrected chi connectivity index (χ2v) is 9.05. The number of hydrogen-bond donors (Lipinski definition) is 2. The summed E-state index contributed by atoms with van der Waals surface area (Å²) in [6, 6.07) is 13.6. The molecule has 1 aliphatic heterocycles. The number of amidine groups is 1. The minimum atomic E-state index is -3.63. The Hall–Kier alpha value is -2.32. The van der Waals surface area contributed by atoms with Gasteiger partial charge >= 0.3 is 0 Å². The van der Waals surface area contributed by atoms with Gasteiger partial charge in [0, 0.05) is 11.3 Å². The van der Waals surface area contributed by atoms with Gasteiger partial charge in [0.1, 0.15) is 11.9 Å². The SMILES string of the molecule is CCc1ccc(NC(=O)C(CCSC)N=C2NS(=O)(=O)c3ccccc32)cc1. The lowest BCUT2D eigenvalue weighted by Gasteiger charge is -2.14. The van der Waals surface area contributed by atoms with Gasteiger partial charge in [-0.05, 0) is 54.7 Å². The summed E-state index contributed by atoms with van der Waals surface area (Å²) in [5.41, 5.74) is 2.38. The maximum atomic E-state index is 12.8. The van der Waals surface area contributed by atoms with Gasteiger partial charge in [0.15, 0.2) is 0 Å². The third-order valence-corrected chi connectivity index (χ3v) is 6.52. The molecule has 0 radical (unpaired) electrons. The number of rotatable bonds is 7. The van der Waals surface area contributed by atoms with Gasteiger partial charge in [-0.2, -0.15) is 11.8 Å². The normalized spacial score (nSPS) is 17.0. The fourth-order valence-electron chi connectivity index (χ4n) is 2.92. The first-order valence-corrected chi connectivity index (χ1v) is 11.9. The fourth-order valence-corrected chi connectivity index (χ4v) is 4.62. The maximum absolute atomic E-state index is 12.8. The number of anilines is 1. The van der Waals surface area contributed by atoms with Crippen LogP contribution in [0.2, 0.25) is 0 Å². The van der Waals surface area contributed by atoms with E-state index >= 15 is 0 Å². The van der Waals surface area contributed by atoms with Crippen molar-refractivity contribution < 1.29 is 13.2 Å². The number of aryl methyl sites for hydroxylation is 1. The van der Waals surface area contributed by atoms with E-state index in [-0.39, 0.29) is 16.6 Å². The van der Waals surface area contributed by atoms with Crippen molar-refractivity contribution >= 4 is 39.2 Å². The molecule has 0 fully saturated rings. The summed E-state index contributed by atoms with van der Waals surface area (Å²) in [5.74, 6) is 0.699. The van der Waals surface area contributed by atoms with Crippen LogP contribution in [0.25, 0.3) is 0 Å². The molecule has 0 saturated heterocycles. The number of amides is 1. The van der Waals surface area contributed by atoms with Gasteiger partial charge in [0.25, 0.3) is 10.0 Å². The fraction of sp³-hybridized carbons (Fsp3) is 0.300. The summed E-state index contributed by atoms with van der Waals surface area (Å²) in [6.45, 7) is 2.07. The van der Waals surface area contributed by atoms with Crippen LogP contribution in [0.4, 0.5) is 5.69 Å². The van der Waals surface area contributed by atoms with E-state index in [9.17, 15) is 13.2 Å². The van der Waals surface area contributed by atoms with Gasteiger partial charge < -0.3 is 5.32 Å². The number of carbonyl (C=O) groups excluding carboxylic acids is 1. The number of nitrogens with one attached hydrogen (secondary N) is 2. The number of hydrogen-bond acceptors (Lipinski definition) is 5. The third-order valence-electron chi connectivity index (χ3n) is 4.48. The second-order valence-electron chi connectivity index (χ2n) is 6.42. The minimum Gasteiger partial charge on any atom is -0.324 e. The Labute approximate surface area is 169 Å². The Morgan fingerprint density at radius 3 is 2.57 bits per heavy atom. The van der Waals surface area contributed by atoms with E-state index < -0.39 is 16.1 Å². The summed E-state index contributed by atoms with van der Waals surface area (Å²) in [6.07, 6.45) is 3.39. The predicted octanol–water partition coefficient (Wildman–Crippen LogP) is 3.05. The highest BCUT2D eigenvalue weighted by molar-refractivity contribution is 7.98. The zero-order valence-corrected chi connectivity index (χ0v) is 17.4. The topological polar surface area (TPSA) is 87.6 Å². The van der Waals surface area contributed by atoms with E-state index in [4.69, 9.17) is 0 Å². The van der Waals surface area contributed by atoms with Gasteiger partial charge in [-0.25, -0.2) is 8.42 Å². The van der Waals surface area contributed by atoms with Gasteiger partial charge in [0.2, 0.25) is 5.91 Å². The maximum Gasteiger partial charge on any atom is 0.263 e. The lowest BCUT2D eigenvalue weighted by atomic mass is 10.1. The van der Waals surface area contributed by atoms with Crippen LogP contribution in [0.3, 0.4) is 0 Å². The average molecular weight is 418 g/mol. The van der Waals surface area contributed by atoms with Crippen molar-refractivity contribution in [3.8, 4) is 0 Å². The highest BCUT2D eigenvalue weighted by Crippen LogP contribution is 2.23. The zero-order chi connectivity index (χ0) is 20.1. The van der Waals surface area contributed by atoms with Crippen LogP contribution in [-0.4, -0.2) is 38.2 Å². The van der Waals surface area contributed by atoms with Crippen molar-refractivity contribution in [3.63, 3.8) is 0 Å². The summed E-state index contributed by atoms with van der Waals surface area (Å²) in [7, 11) is -3.63. The van der Waals surface area contributed by atoms with Crippen LogP contribution in [0, 0.1) is 0 Å². The van der Waals surface area contributed by atoms with Gasteiger partial charge in [-0.1, -0.05) is 31.2 Å². The van der Waals surface area contributed by atoms with Crippen LogP contribution in [0.1, 0.15) is 24.5 Å². The van der Waals surface area contributed by atoms with Gasteiger partial charge in [-0.15, -0.1) is 0 Å². The van der Waals surface area contributed by atoms with E-state index in [1.165, 1.54) is 11.6 Å². The molecule has 3 rings (SSSR count). The monoisotopic (exact) mass is 417 g/mol. The van der Waals surface area contributed by atoms with Crippen molar-refractivity contribution in [2.45, 2.75) is 30.7 Å². The Morgan fingerprint density at radius 1 is 1.18 bits per heavy atom. The quantitative estimate of drug-likeness (QED) is 0.725. The van der Waals surface area contributed by atoms with Crippen molar-refractivity contribution in [1.29, 1.82) is 0 Å². The average Bonchev–Trinajstić information content (AvgIpc) is 2.96. The van der Waals surface area contributed by atoms with E-state index in [0.717, 1.165) is 12.2 Å². The molecule has 6 nitrogen and oxygen atoms in total. The third kappa shape index (κ3) is 4.56. The lowest BCUT2D eigenvalue weighted by molar-refractivity contribution is -0.117. The molecule has 28 heavy (non-hydrogen) atoms. The van der Waals surface area contributed by atoms with Crippen molar-refractivity contribution in [3.05, 3.63) is 59.7 Å². The van der Waals surface area contributed by atoms with Crippen molar-refractivity contribution in [1.82, 2.24) is 4.72 Å². The molecule has 0 bridgehead atoms. The van der Waals surface area contributed by atoms with Crippen LogP contribution in [-0.2, 0) is 21.2 Å². The summed E-state index contributed by atoms with van der Waals surface area (Å²) < 4.78 is 27.0. The van der Waals surface area contributed by atoms with E-state index in [1.807, 2.05) is 30.5 Å². The summed E-state index contributed by atoms with van der Waals surface area (Å²) >= 11 is 1.61. The molecule has 1 atom stereocenters. The molecule has 0 aromatic heterocycles. The predicted molar refractivity (Wildman–Crippen MR) is 115 cm³/mol. The highest BCUT2D eigenvalue weighted by atomic mass is 32.2. The number of benzene rings is 2. The highest BCUT2D eigenvalue weighted by Gasteiger charge is 2.31. The molecule has 1 heterocycles. The number of thioether (sulfide) groups is 1. The molecule has 148 valence electrons. The number of aliphatic imine (C=N–C) groups is 1. The number of fused-ring (bicyclic) bond motifs is 1. The van der Waals surface area contributed by atoms with E-state index in [1.54, 1.807) is 30.0 Å². The molecular formula is C20H23N3O3S2. The standard InChI is InChI=1S/C20H23N3O3S2/c1-3-14-8-10-15(11-9-14)21-20(24)17(12-13-27-2)22-19-16-6-4-5-7-18(16)28(25,26)23-19/h4-11,17H,3,12-13H2,1-2H3,(H,21,24)(H,22,23). The van der Waals surface area contributed by atoms with E-state index in [2.05, 4.69) is 22.0 Å². The van der Waals surface area contributed by atoms with Gasteiger partial charge in [0.05, 0.1) is 4.90 Å². The summed E-state index contributed by atoms with van der Waals surface area (Å²) in [4.78, 5) is 17.5. The lowest BCUT2D eigenvalue weighted by Crippen LogP contribution is -2.31. The molecule has 0 saturated carbocycles. The number of carbonyl (C=O) groups is 1. The largest absolute Gasteiger partial charge is 0.324 e. The Bertz CT molecular complexity index is 986. The number of nitrogens with zero attached hydrogens (tertiary/aromatic N) is 1. The minimum absolute atomic E-state index is 0.188. The van der Waals surface area contributed by atoms with Crippen molar-refractivity contribution in [2.75, 3.05) is 17.3 Å². The first-order valence-electron chi connectivity index (χ1n) is 9.03. The molecule has 1 aliphatic rings. The first kappa shape index (κ1) is 20.4. The van der Waals surface area contributed by atoms with Gasteiger partial charge in [-0.3, -0.25) is 14.5 Å². The van der Waals surface area contributed by atoms with Crippen molar-refractivity contribution in [2.24, 2.45) is 4.99 Å². The second kappa shape index (κ2) is 8.79. The smallest absolute Gasteiger partial charge is 0.263 e. The number of sulfonamides is 1. The van der Waals surface area contributed by atoms with E-state index in [0.29, 0.717) is 17.7 Å². The molecule has 2 aromatic rings. The Morgan fingerprint density at radius 2 is 1.89 bits per heavy atom. The molecular weight excluding hydrogens is 394 g/mol. The van der Waals surface area contributed by atoms with Crippen LogP contribution >= 0.6 is 11.8 Å². The molecule has 1 unspecified atom stereocenters. The molecule has 2 aromatic carbocycles.